The zero-order valence-corrected chi connectivity index (χ0v) is 19.4. The number of carbonyl (C=O) groups excluding carboxylic acids is 1. The van der Waals surface area contributed by atoms with Crippen molar-refractivity contribution in [2.75, 3.05) is 6.61 Å². The highest BCUT2D eigenvalue weighted by Gasteiger charge is 2.58. The number of nitrogens with zero attached hydrogens (tertiary/aromatic N) is 1. The summed E-state index contributed by atoms with van der Waals surface area (Å²) in [5, 5.41) is 34.0. The predicted molar refractivity (Wildman–Crippen MR) is 123 cm³/mol. The number of nitro groups is 1. The van der Waals surface area contributed by atoms with Crippen LogP contribution in [0.4, 0.5) is 27.6 Å². The van der Waals surface area contributed by atoms with Gasteiger partial charge >= 0.3 is 29.7 Å². The molecule has 39 heavy (non-hydrogen) atoms. The van der Waals surface area contributed by atoms with Gasteiger partial charge in [-0.2, -0.15) is 22.0 Å². The predicted octanol–water partition coefficient (Wildman–Crippen LogP) is 4.20. The van der Waals surface area contributed by atoms with Crippen LogP contribution in [0.5, 0.6) is 5.75 Å². The van der Waals surface area contributed by atoms with Crippen molar-refractivity contribution in [3.63, 3.8) is 0 Å². The second-order valence-electron chi connectivity index (χ2n) is 8.26. The van der Waals surface area contributed by atoms with Gasteiger partial charge in [0.25, 0.3) is 5.91 Å². The minimum atomic E-state index is -6.04. The lowest BCUT2D eigenvalue weighted by molar-refractivity contribution is -0.386. The quantitative estimate of drug-likeness (QED) is 0.145. The number of aliphatic carboxylic acids is 2. The maximum atomic E-state index is 13.3. The highest BCUT2D eigenvalue weighted by atomic mass is 19.4. The Balaban J connectivity index is 1.96. The maximum Gasteiger partial charge on any atom is 0.456 e. The third-order valence-corrected chi connectivity index (χ3v) is 5.58. The summed E-state index contributed by atoms with van der Waals surface area (Å²) in [5.74, 6) is -12.0. The van der Waals surface area contributed by atoms with E-state index in [0.29, 0.717) is 23.6 Å². The summed E-state index contributed by atoms with van der Waals surface area (Å²) in [6.07, 6.45) is -6.80. The average molecular weight is 556 g/mol. The number of hydrogen-bond donors (Lipinski definition) is 3. The number of carboxylic acid groups (broad SMARTS) is 2. The first-order valence-corrected chi connectivity index (χ1v) is 10.7. The molecule has 15 heteroatoms. The third-order valence-electron chi connectivity index (χ3n) is 5.58. The minimum absolute atomic E-state index is 0.195. The van der Waals surface area contributed by atoms with E-state index in [2.05, 4.69) is 4.74 Å². The highest BCUT2D eigenvalue weighted by Crippen LogP contribution is 2.37. The molecule has 0 atom stereocenters. The molecule has 0 saturated carbocycles. The summed E-state index contributed by atoms with van der Waals surface area (Å²) in [6, 6.07) is 13.1. The number of rotatable bonds is 10. The number of carboxylic acids is 2. The molecule has 0 heterocycles. The second kappa shape index (κ2) is 10.5. The van der Waals surface area contributed by atoms with E-state index in [0.717, 1.165) is 5.39 Å². The Kier molecular flexibility index (Phi) is 7.75. The Hall–Kier alpha value is -4.82. The van der Waals surface area contributed by atoms with Crippen LogP contribution in [0, 0.1) is 10.1 Å². The molecule has 0 fully saturated rings. The first kappa shape index (κ1) is 28.7. The summed E-state index contributed by atoms with van der Waals surface area (Å²) in [4.78, 5) is 47.1. The Morgan fingerprint density at radius 1 is 0.897 bits per heavy atom. The van der Waals surface area contributed by atoms with Crippen molar-refractivity contribution < 1.29 is 56.2 Å². The summed E-state index contributed by atoms with van der Waals surface area (Å²) in [6.45, 7) is -2.36. The molecular formula is C24H17F5N2O8. The molecular weight excluding hydrogens is 539 g/mol. The van der Waals surface area contributed by atoms with E-state index in [1.807, 2.05) is 5.32 Å². The molecule has 1 amide bonds. The number of carbonyl (C=O) groups is 3. The molecule has 0 bridgehead atoms. The SMILES string of the molecule is O=C(NC(Cc1ccc2ccccc2c1)(C(=O)O)C(=O)O)c1ccc([N+](=O)[O-])c(OCC(F)(F)C(F)(F)F)c1. The third kappa shape index (κ3) is 6.02. The summed E-state index contributed by atoms with van der Waals surface area (Å²) >= 11 is 0. The van der Waals surface area contributed by atoms with Crippen LogP contribution in [0.25, 0.3) is 10.8 Å². The fourth-order valence-electron chi connectivity index (χ4n) is 3.49. The Bertz CT molecular complexity index is 1440. The smallest absolute Gasteiger partial charge is 0.456 e. The van der Waals surface area contributed by atoms with Gasteiger partial charge in [-0.1, -0.05) is 42.5 Å². The summed E-state index contributed by atoms with van der Waals surface area (Å²) < 4.78 is 68.3. The van der Waals surface area contributed by atoms with E-state index in [1.165, 1.54) is 12.1 Å². The van der Waals surface area contributed by atoms with Crippen LogP contribution in [-0.4, -0.2) is 57.2 Å². The van der Waals surface area contributed by atoms with Gasteiger partial charge in [0, 0.05) is 24.1 Å². The number of nitro benzene ring substituents is 1. The Labute approximate surface area is 214 Å². The molecule has 0 aromatic heterocycles. The molecule has 0 unspecified atom stereocenters. The van der Waals surface area contributed by atoms with Gasteiger partial charge in [-0.25, -0.2) is 9.59 Å². The van der Waals surface area contributed by atoms with E-state index in [4.69, 9.17) is 0 Å². The molecule has 3 aromatic rings. The van der Waals surface area contributed by atoms with E-state index < -0.39 is 70.4 Å². The molecule has 0 aliphatic carbocycles. The van der Waals surface area contributed by atoms with E-state index in [1.54, 1.807) is 30.3 Å². The number of ether oxygens (including phenoxy) is 1. The monoisotopic (exact) mass is 556 g/mol. The van der Waals surface area contributed by atoms with Crippen LogP contribution < -0.4 is 10.1 Å². The molecule has 0 spiro atoms. The summed E-state index contributed by atoms with van der Waals surface area (Å²) in [5.41, 5.74) is -4.56. The number of halogens is 5. The number of benzene rings is 3. The van der Waals surface area contributed by atoms with Crippen LogP contribution in [0.2, 0.25) is 0 Å². The van der Waals surface area contributed by atoms with Gasteiger partial charge in [0.05, 0.1) is 4.92 Å². The molecule has 3 N–H and O–H groups in total. The van der Waals surface area contributed by atoms with Crippen LogP contribution in [-0.2, 0) is 16.0 Å². The van der Waals surface area contributed by atoms with E-state index in [9.17, 15) is 56.7 Å². The van der Waals surface area contributed by atoms with Crippen molar-refractivity contribution in [3.05, 3.63) is 81.9 Å². The van der Waals surface area contributed by atoms with Gasteiger partial charge in [-0.15, -0.1) is 0 Å². The van der Waals surface area contributed by atoms with Crippen molar-refractivity contribution in [1.29, 1.82) is 0 Å². The number of hydrogen-bond acceptors (Lipinski definition) is 6. The van der Waals surface area contributed by atoms with Crippen LogP contribution in [0.1, 0.15) is 15.9 Å². The van der Waals surface area contributed by atoms with Gasteiger partial charge in [0.2, 0.25) is 5.54 Å². The van der Waals surface area contributed by atoms with E-state index >= 15 is 0 Å². The lowest BCUT2D eigenvalue weighted by atomic mass is 9.89. The number of amides is 1. The number of nitrogens with one attached hydrogen (secondary N) is 1. The van der Waals surface area contributed by atoms with Gasteiger partial charge in [0.1, 0.15) is 0 Å². The average Bonchev–Trinajstić information content (AvgIpc) is 2.85. The standard InChI is InChI=1S/C24H17F5N2O8/c25-23(26,24(27,28)29)12-39-18-10-16(7-8-17(18)31(37)38)19(32)30-22(20(33)34,21(35)36)11-13-5-6-14-3-1-2-4-15(14)9-13/h1-10H,11-12H2,(H,30,32)(H,33,34)(H,35,36). The normalized spacial score (nSPS) is 12.1. The topological polar surface area (TPSA) is 156 Å². The van der Waals surface area contributed by atoms with Crippen LogP contribution in [0.3, 0.4) is 0 Å². The molecule has 0 aliphatic heterocycles. The molecule has 206 valence electrons. The lowest BCUT2D eigenvalue weighted by Gasteiger charge is -2.26. The zero-order chi connectivity index (χ0) is 29.2. The van der Waals surface area contributed by atoms with Gasteiger partial charge in [0.15, 0.2) is 12.4 Å². The molecule has 3 rings (SSSR count). The van der Waals surface area contributed by atoms with Crippen molar-refractivity contribution in [2.45, 2.75) is 24.1 Å². The molecule has 10 nitrogen and oxygen atoms in total. The minimum Gasteiger partial charge on any atom is -0.480 e. The Morgan fingerprint density at radius 2 is 1.51 bits per heavy atom. The largest absolute Gasteiger partial charge is 0.480 e. The fourth-order valence-corrected chi connectivity index (χ4v) is 3.49. The van der Waals surface area contributed by atoms with Gasteiger partial charge < -0.3 is 20.3 Å². The highest BCUT2D eigenvalue weighted by molar-refractivity contribution is 6.09. The molecule has 0 aliphatic rings. The van der Waals surface area contributed by atoms with Crippen LogP contribution >= 0.6 is 0 Å². The maximum absolute atomic E-state index is 13.3. The Morgan fingerprint density at radius 3 is 2.08 bits per heavy atom. The summed E-state index contributed by atoms with van der Waals surface area (Å²) in [7, 11) is 0. The lowest BCUT2D eigenvalue weighted by Crippen LogP contribution is -2.61. The van der Waals surface area contributed by atoms with Crippen molar-refractivity contribution in [2.24, 2.45) is 0 Å². The van der Waals surface area contributed by atoms with Crippen molar-refractivity contribution in [3.8, 4) is 5.75 Å². The molecule has 3 aromatic carbocycles. The van der Waals surface area contributed by atoms with Gasteiger partial charge in [-0.05, 0) is 22.4 Å². The second-order valence-corrected chi connectivity index (χ2v) is 8.26. The van der Waals surface area contributed by atoms with E-state index in [-0.39, 0.29) is 5.56 Å². The van der Waals surface area contributed by atoms with Crippen LogP contribution in [0.15, 0.2) is 60.7 Å². The number of fused-ring (bicyclic) bond motifs is 1. The van der Waals surface area contributed by atoms with Gasteiger partial charge in [-0.3, -0.25) is 14.9 Å². The molecule has 0 radical (unpaired) electrons. The first-order valence-electron chi connectivity index (χ1n) is 10.7. The first-order chi connectivity index (χ1) is 18.1. The molecule has 0 saturated heterocycles. The van der Waals surface area contributed by atoms with Crippen molar-refractivity contribution in [1.82, 2.24) is 5.32 Å². The number of alkyl halides is 5. The fraction of sp³-hybridized carbons (Fsp3) is 0.208. The van der Waals surface area contributed by atoms with Crippen molar-refractivity contribution >= 4 is 34.3 Å². The zero-order valence-electron chi connectivity index (χ0n) is 19.4.